The van der Waals surface area contributed by atoms with Crippen molar-refractivity contribution in [3.05, 3.63) is 96.1 Å². The topological polar surface area (TPSA) is 17.0 Å². The maximum absolute atomic E-state index is 6.62. The van der Waals surface area contributed by atoms with E-state index in [0.717, 1.165) is 11.2 Å². The molecule has 6 aromatic rings. The molecule has 39 heavy (non-hydrogen) atoms. The lowest BCUT2D eigenvalue weighted by Gasteiger charge is -2.26. The van der Waals surface area contributed by atoms with Crippen LogP contribution >= 0.6 is 0 Å². The molecule has 196 valence electrons. The predicted octanol–water partition coefficient (Wildman–Crippen LogP) is 7.22. The van der Waals surface area contributed by atoms with Crippen molar-refractivity contribution < 1.29 is 8.98 Å². The first-order valence-electron chi connectivity index (χ1n) is 13.9. The fraction of sp³-hybridized carbons (Fsp3) is 0.229. The van der Waals surface area contributed by atoms with Crippen LogP contribution in [0.5, 0.6) is 0 Å². The number of aromatic nitrogens is 1. The van der Waals surface area contributed by atoms with Crippen molar-refractivity contribution in [3.63, 3.8) is 0 Å². The van der Waals surface area contributed by atoms with Crippen LogP contribution in [0.4, 0.5) is 0 Å². The van der Waals surface area contributed by atoms with E-state index in [1.54, 1.807) is 0 Å². The summed E-state index contributed by atoms with van der Waals surface area (Å²) < 4.78 is 9.02. The van der Waals surface area contributed by atoms with Gasteiger partial charge in [-0.1, -0.05) is 97.7 Å². The van der Waals surface area contributed by atoms with Gasteiger partial charge in [-0.3, -0.25) is 0 Å². The summed E-state index contributed by atoms with van der Waals surface area (Å²) in [4.78, 5) is 0. The molecule has 0 atom stereocenters. The summed E-state index contributed by atoms with van der Waals surface area (Å²) in [5, 5.41) is 8.22. The van der Waals surface area contributed by atoms with Gasteiger partial charge in [0.1, 0.15) is 26.3 Å². The van der Waals surface area contributed by atoms with Crippen LogP contribution in [-0.4, -0.2) is 16.1 Å². The van der Waals surface area contributed by atoms with E-state index in [2.05, 4.69) is 143 Å². The lowest BCUT2D eigenvalue weighted by molar-refractivity contribution is -0.633. The van der Waals surface area contributed by atoms with Gasteiger partial charge in [-0.2, -0.15) is 4.57 Å². The van der Waals surface area contributed by atoms with E-state index >= 15 is 0 Å². The normalized spacial score (nSPS) is 12.6. The van der Waals surface area contributed by atoms with E-state index in [9.17, 15) is 0 Å². The Kier molecular flexibility index (Phi) is 5.97. The Labute approximate surface area is 233 Å². The molecule has 0 unspecified atom stereocenters. The van der Waals surface area contributed by atoms with Crippen molar-refractivity contribution in [2.75, 3.05) is 0 Å². The quantitative estimate of drug-likeness (QED) is 0.169. The molecule has 4 aromatic carbocycles. The van der Waals surface area contributed by atoms with Crippen molar-refractivity contribution in [3.8, 4) is 11.3 Å². The third kappa shape index (κ3) is 4.09. The molecule has 0 radical (unpaired) electrons. The molecule has 0 N–H and O–H groups in total. The zero-order valence-electron chi connectivity index (χ0n) is 24.4. The molecular formula is C35H38NOSi2+. The third-order valence-electron chi connectivity index (χ3n) is 8.77. The smallest absolute Gasteiger partial charge is 0.216 e. The number of rotatable bonds is 4. The van der Waals surface area contributed by atoms with E-state index in [1.165, 1.54) is 59.6 Å². The fourth-order valence-electron chi connectivity index (χ4n) is 6.11. The number of nitrogens with zero attached hydrogens (tertiary/aromatic N) is 1. The zero-order valence-corrected chi connectivity index (χ0v) is 26.4. The molecule has 2 aromatic heterocycles. The number of pyridine rings is 1. The highest BCUT2D eigenvalue weighted by Crippen LogP contribution is 2.38. The number of benzene rings is 4. The molecule has 0 aliphatic carbocycles. The second-order valence-electron chi connectivity index (χ2n) is 12.6. The molecule has 2 heterocycles. The largest absolute Gasteiger partial charge is 0.455 e. The molecule has 0 saturated carbocycles. The van der Waals surface area contributed by atoms with Gasteiger partial charge in [0.25, 0.3) is 0 Å². The van der Waals surface area contributed by atoms with Gasteiger partial charge in [-0.05, 0) is 48.4 Å². The first-order chi connectivity index (χ1) is 18.5. The van der Waals surface area contributed by atoms with Crippen molar-refractivity contribution in [1.82, 2.24) is 0 Å². The standard InChI is InChI=1S/C35H38NOSi2/c1-23-20-28-27-16-12-13-17-32(27)37-35(28)34(24(23)2)31-22-33(39(7,8)25-14-10-9-11-15-25)29-21-26(38(4,5)6)18-19-30(29)36(31)3/h9-22H,1-8H3/q+1. The van der Waals surface area contributed by atoms with Crippen LogP contribution in [0.25, 0.3) is 44.1 Å². The second kappa shape index (κ2) is 9.04. The third-order valence-corrected chi connectivity index (χ3v) is 14.3. The number of hydrogen-bond acceptors (Lipinski definition) is 1. The lowest BCUT2D eigenvalue weighted by Crippen LogP contribution is -2.55. The van der Waals surface area contributed by atoms with Crippen LogP contribution in [0.15, 0.2) is 89.3 Å². The Hall–Kier alpha value is -3.48. The van der Waals surface area contributed by atoms with Crippen molar-refractivity contribution >= 4 is 64.5 Å². The highest BCUT2D eigenvalue weighted by Gasteiger charge is 2.34. The highest BCUT2D eigenvalue weighted by molar-refractivity contribution is 7.01. The minimum absolute atomic E-state index is 0.946. The van der Waals surface area contributed by atoms with Gasteiger partial charge < -0.3 is 4.42 Å². The van der Waals surface area contributed by atoms with Crippen molar-refractivity contribution in [2.24, 2.45) is 7.05 Å². The molecular weight excluding hydrogens is 507 g/mol. The monoisotopic (exact) mass is 544 g/mol. The summed E-state index contributed by atoms with van der Waals surface area (Å²) in [5.74, 6) is 0. The lowest BCUT2D eigenvalue weighted by atomic mass is 9.96. The minimum atomic E-state index is -2.05. The Balaban J connectivity index is 1.76. The summed E-state index contributed by atoms with van der Waals surface area (Å²) in [6.45, 7) is 16.8. The second-order valence-corrected chi connectivity index (χ2v) is 22.1. The Bertz CT molecular complexity index is 1890. The average Bonchev–Trinajstić information content (AvgIpc) is 3.27. The van der Waals surface area contributed by atoms with Gasteiger partial charge in [0, 0.05) is 28.3 Å². The predicted molar refractivity (Wildman–Crippen MR) is 173 cm³/mol. The zero-order chi connectivity index (χ0) is 27.7. The first kappa shape index (κ1) is 25.8. The summed E-state index contributed by atoms with van der Waals surface area (Å²) in [6, 6.07) is 31.6. The van der Waals surface area contributed by atoms with Gasteiger partial charge in [0.15, 0.2) is 0 Å². The van der Waals surface area contributed by atoms with Gasteiger partial charge in [0.05, 0.1) is 13.6 Å². The number of para-hydroxylation sites is 1. The highest BCUT2D eigenvalue weighted by atomic mass is 28.3. The Morgan fingerprint density at radius 1 is 0.667 bits per heavy atom. The van der Waals surface area contributed by atoms with Crippen LogP contribution in [0, 0.1) is 13.8 Å². The van der Waals surface area contributed by atoms with Gasteiger partial charge >= 0.3 is 0 Å². The fourth-order valence-corrected chi connectivity index (χ4v) is 9.98. The summed E-state index contributed by atoms with van der Waals surface area (Å²) in [7, 11) is -1.31. The maximum Gasteiger partial charge on any atom is 0.216 e. The van der Waals surface area contributed by atoms with Crippen LogP contribution in [-0.2, 0) is 7.05 Å². The Morgan fingerprint density at radius 3 is 2.08 bits per heavy atom. The first-order valence-corrected chi connectivity index (χ1v) is 20.4. The molecule has 0 spiro atoms. The molecule has 6 rings (SSSR count). The molecule has 0 aliphatic heterocycles. The van der Waals surface area contributed by atoms with Gasteiger partial charge in [0.2, 0.25) is 11.2 Å². The van der Waals surface area contributed by atoms with Crippen LogP contribution in [0.1, 0.15) is 11.1 Å². The Morgan fingerprint density at radius 2 is 1.36 bits per heavy atom. The molecule has 2 nitrogen and oxygen atoms in total. The van der Waals surface area contributed by atoms with E-state index in [4.69, 9.17) is 4.42 Å². The molecule has 4 heteroatoms. The molecule has 0 fully saturated rings. The molecule has 0 amide bonds. The van der Waals surface area contributed by atoms with Crippen molar-refractivity contribution in [1.29, 1.82) is 0 Å². The maximum atomic E-state index is 6.62. The van der Waals surface area contributed by atoms with Crippen molar-refractivity contribution in [2.45, 2.75) is 46.6 Å². The number of hydrogen-bond donors (Lipinski definition) is 0. The van der Waals surface area contributed by atoms with E-state index in [-0.39, 0.29) is 0 Å². The van der Waals surface area contributed by atoms with E-state index in [0.29, 0.717) is 0 Å². The van der Waals surface area contributed by atoms with Crippen LogP contribution in [0.3, 0.4) is 0 Å². The number of fused-ring (bicyclic) bond motifs is 4. The van der Waals surface area contributed by atoms with E-state index < -0.39 is 16.1 Å². The minimum Gasteiger partial charge on any atom is -0.455 e. The SMILES string of the molecule is Cc1cc2c(oc3ccccc32)c(-c2cc([Si](C)(C)c3ccccc3)c3cc([Si](C)(C)C)ccc3[n+]2C)c1C. The number of furan rings is 1. The van der Waals surface area contributed by atoms with E-state index in [1.807, 2.05) is 0 Å². The average molecular weight is 545 g/mol. The molecule has 0 aliphatic rings. The van der Waals surface area contributed by atoms with Crippen LogP contribution in [0.2, 0.25) is 32.7 Å². The molecule has 0 saturated heterocycles. The van der Waals surface area contributed by atoms with Crippen LogP contribution < -0.4 is 20.1 Å². The van der Waals surface area contributed by atoms with Gasteiger partial charge in [-0.15, -0.1) is 0 Å². The summed E-state index contributed by atoms with van der Waals surface area (Å²) in [6.07, 6.45) is 0. The summed E-state index contributed by atoms with van der Waals surface area (Å²) >= 11 is 0. The molecule has 0 bridgehead atoms. The summed E-state index contributed by atoms with van der Waals surface area (Å²) in [5.41, 5.74) is 8.21. The number of aryl methyl sites for hydroxylation is 2. The van der Waals surface area contributed by atoms with Gasteiger partial charge in [-0.25, -0.2) is 0 Å².